The van der Waals surface area contributed by atoms with E-state index in [1.165, 1.54) is 0 Å². The maximum atomic E-state index is 13.1. The molecule has 6 nitrogen and oxygen atoms in total. The van der Waals surface area contributed by atoms with Crippen LogP contribution in [0.1, 0.15) is 15.9 Å². The summed E-state index contributed by atoms with van der Waals surface area (Å²) in [4.78, 5) is 14.0. The lowest BCUT2D eigenvalue weighted by Gasteiger charge is -2.06. The molecule has 1 aliphatic heterocycles. The monoisotopic (exact) mass is 403 g/mol. The molecule has 0 spiro atoms. The number of anilines is 1. The van der Waals surface area contributed by atoms with Gasteiger partial charge in [-0.15, -0.1) is 11.3 Å². The second-order valence-corrected chi connectivity index (χ2v) is 7.52. The Labute approximate surface area is 171 Å². The number of carbonyl (C=O) groups excluding carboxylic acids is 1. The summed E-state index contributed by atoms with van der Waals surface area (Å²) in [6.45, 7) is 0.790. The molecule has 1 N–H and O–H groups in total. The molecule has 4 aromatic rings. The fourth-order valence-electron chi connectivity index (χ4n) is 3.21. The molecular formula is C22H17N3O3S. The fourth-order valence-corrected chi connectivity index (χ4v) is 3.93. The van der Waals surface area contributed by atoms with Crippen LogP contribution in [0.15, 0.2) is 72.2 Å². The number of hydrogen-bond donors (Lipinski definition) is 1. The number of hydrogen-bond acceptors (Lipinski definition) is 5. The van der Waals surface area contributed by atoms with Crippen LogP contribution in [-0.4, -0.2) is 22.5 Å². The number of aromatic nitrogens is 2. The van der Waals surface area contributed by atoms with Gasteiger partial charge in [0.15, 0.2) is 11.5 Å². The molecule has 0 saturated carbocycles. The van der Waals surface area contributed by atoms with Gasteiger partial charge in [-0.2, -0.15) is 5.10 Å². The van der Waals surface area contributed by atoms with Gasteiger partial charge in [0.25, 0.3) is 5.91 Å². The van der Waals surface area contributed by atoms with Crippen molar-refractivity contribution < 1.29 is 14.3 Å². The molecule has 3 heterocycles. The number of nitrogens with one attached hydrogen (secondary N) is 1. The standard InChI is InChI=1S/C22H17N3O3S/c26-22(23-16-8-9-18-19(11-16)28-14-27-18)17-13-25(12-15-5-2-1-3-6-15)24-21(17)20-7-4-10-29-20/h1-11,13H,12,14H2,(H,23,26). The van der Waals surface area contributed by atoms with Gasteiger partial charge in [-0.25, -0.2) is 0 Å². The minimum absolute atomic E-state index is 0.196. The zero-order chi connectivity index (χ0) is 19.6. The third kappa shape index (κ3) is 3.60. The van der Waals surface area contributed by atoms with Crippen molar-refractivity contribution in [2.45, 2.75) is 6.54 Å². The lowest BCUT2D eigenvalue weighted by atomic mass is 10.2. The Balaban J connectivity index is 1.45. The van der Waals surface area contributed by atoms with Gasteiger partial charge in [0.05, 0.1) is 17.0 Å². The third-order valence-electron chi connectivity index (χ3n) is 4.58. The second kappa shape index (κ2) is 7.44. The summed E-state index contributed by atoms with van der Waals surface area (Å²) in [5, 5.41) is 9.61. The zero-order valence-corrected chi connectivity index (χ0v) is 16.2. The minimum Gasteiger partial charge on any atom is -0.454 e. The number of fused-ring (bicyclic) bond motifs is 1. The topological polar surface area (TPSA) is 65.4 Å². The van der Waals surface area contributed by atoms with Gasteiger partial charge < -0.3 is 14.8 Å². The van der Waals surface area contributed by atoms with Gasteiger partial charge >= 0.3 is 0 Å². The van der Waals surface area contributed by atoms with Crippen molar-refractivity contribution in [1.29, 1.82) is 0 Å². The summed E-state index contributed by atoms with van der Waals surface area (Å²) < 4.78 is 12.5. The Kier molecular flexibility index (Phi) is 4.50. The van der Waals surface area contributed by atoms with Crippen LogP contribution in [-0.2, 0) is 6.54 Å². The summed E-state index contributed by atoms with van der Waals surface area (Å²) in [7, 11) is 0. The van der Waals surface area contributed by atoms with E-state index in [1.54, 1.807) is 40.4 Å². The van der Waals surface area contributed by atoms with Crippen LogP contribution in [0.25, 0.3) is 10.6 Å². The predicted molar refractivity (Wildman–Crippen MR) is 112 cm³/mol. The maximum absolute atomic E-state index is 13.1. The number of carbonyl (C=O) groups is 1. The molecule has 5 rings (SSSR count). The zero-order valence-electron chi connectivity index (χ0n) is 15.4. The van der Waals surface area contributed by atoms with E-state index in [1.807, 2.05) is 47.8 Å². The summed E-state index contributed by atoms with van der Waals surface area (Å²) >= 11 is 1.56. The van der Waals surface area contributed by atoms with E-state index in [-0.39, 0.29) is 12.7 Å². The molecular weight excluding hydrogens is 386 g/mol. The predicted octanol–water partition coefficient (Wildman–Crippen LogP) is 4.64. The lowest BCUT2D eigenvalue weighted by Crippen LogP contribution is -2.12. The van der Waals surface area contributed by atoms with Crippen molar-refractivity contribution in [3.63, 3.8) is 0 Å². The fraction of sp³-hybridized carbons (Fsp3) is 0.0909. The van der Waals surface area contributed by atoms with E-state index in [4.69, 9.17) is 14.6 Å². The van der Waals surface area contributed by atoms with E-state index >= 15 is 0 Å². The number of nitrogens with zero attached hydrogens (tertiary/aromatic N) is 2. The van der Waals surface area contributed by atoms with Crippen molar-refractivity contribution in [2.24, 2.45) is 0 Å². The van der Waals surface area contributed by atoms with Gasteiger partial charge in [0.1, 0.15) is 5.69 Å². The molecule has 144 valence electrons. The molecule has 1 aliphatic rings. The molecule has 0 bridgehead atoms. The largest absolute Gasteiger partial charge is 0.454 e. The van der Waals surface area contributed by atoms with E-state index in [0.29, 0.717) is 35.0 Å². The summed E-state index contributed by atoms with van der Waals surface area (Å²) in [5.41, 5.74) is 2.97. The quantitative estimate of drug-likeness (QED) is 0.527. The van der Waals surface area contributed by atoms with E-state index in [2.05, 4.69) is 5.32 Å². The van der Waals surface area contributed by atoms with E-state index < -0.39 is 0 Å². The number of rotatable bonds is 5. The van der Waals surface area contributed by atoms with Crippen LogP contribution in [0.3, 0.4) is 0 Å². The van der Waals surface area contributed by atoms with Gasteiger partial charge in [0.2, 0.25) is 6.79 Å². The normalized spacial score (nSPS) is 12.1. The first-order valence-corrected chi connectivity index (χ1v) is 10.0. The van der Waals surface area contributed by atoms with Crippen LogP contribution in [0.5, 0.6) is 11.5 Å². The average molecular weight is 403 g/mol. The molecule has 2 aromatic carbocycles. The lowest BCUT2D eigenvalue weighted by molar-refractivity contribution is 0.102. The molecule has 1 amide bonds. The molecule has 29 heavy (non-hydrogen) atoms. The van der Waals surface area contributed by atoms with Crippen LogP contribution in [0.4, 0.5) is 5.69 Å². The van der Waals surface area contributed by atoms with Crippen molar-refractivity contribution in [1.82, 2.24) is 9.78 Å². The summed E-state index contributed by atoms with van der Waals surface area (Å²) in [5.74, 6) is 1.09. The third-order valence-corrected chi connectivity index (χ3v) is 5.46. The molecule has 0 fully saturated rings. The van der Waals surface area contributed by atoms with Crippen molar-refractivity contribution >= 4 is 22.9 Å². The molecule has 0 unspecified atom stereocenters. The van der Waals surface area contributed by atoms with Crippen molar-refractivity contribution in [3.8, 4) is 22.1 Å². The highest BCUT2D eigenvalue weighted by atomic mass is 32.1. The highest BCUT2D eigenvalue weighted by Gasteiger charge is 2.20. The average Bonchev–Trinajstić information content (AvgIpc) is 3.48. The molecule has 0 saturated heterocycles. The van der Waals surface area contributed by atoms with E-state index in [0.717, 1.165) is 10.4 Å². The SMILES string of the molecule is O=C(Nc1ccc2c(c1)OCO2)c1cn(Cc2ccccc2)nc1-c1cccs1. The Bertz CT molecular complexity index is 1150. The summed E-state index contributed by atoms with van der Waals surface area (Å²) in [6.07, 6.45) is 1.80. The van der Waals surface area contributed by atoms with Gasteiger partial charge in [-0.3, -0.25) is 9.48 Å². The van der Waals surface area contributed by atoms with Crippen LogP contribution < -0.4 is 14.8 Å². The van der Waals surface area contributed by atoms with E-state index in [9.17, 15) is 4.79 Å². The number of ether oxygens (including phenoxy) is 2. The number of thiophene rings is 1. The van der Waals surface area contributed by atoms with Crippen molar-refractivity contribution in [2.75, 3.05) is 12.1 Å². The van der Waals surface area contributed by atoms with Gasteiger partial charge in [-0.1, -0.05) is 36.4 Å². The van der Waals surface area contributed by atoms with Crippen LogP contribution >= 0.6 is 11.3 Å². The Morgan fingerprint density at radius 2 is 1.93 bits per heavy atom. The Morgan fingerprint density at radius 3 is 2.76 bits per heavy atom. The van der Waals surface area contributed by atoms with Crippen LogP contribution in [0.2, 0.25) is 0 Å². The van der Waals surface area contributed by atoms with Crippen molar-refractivity contribution in [3.05, 3.63) is 83.4 Å². The molecule has 0 aliphatic carbocycles. The smallest absolute Gasteiger partial charge is 0.259 e. The van der Waals surface area contributed by atoms with Gasteiger partial charge in [-0.05, 0) is 29.1 Å². The molecule has 7 heteroatoms. The van der Waals surface area contributed by atoms with Crippen LogP contribution in [0, 0.1) is 0 Å². The second-order valence-electron chi connectivity index (χ2n) is 6.57. The molecule has 0 radical (unpaired) electrons. The number of benzene rings is 2. The number of amides is 1. The first-order chi connectivity index (χ1) is 14.3. The first kappa shape index (κ1) is 17.5. The molecule has 2 aromatic heterocycles. The molecule has 0 atom stereocenters. The van der Waals surface area contributed by atoms with Gasteiger partial charge in [0, 0.05) is 18.0 Å². The highest BCUT2D eigenvalue weighted by Crippen LogP contribution is 2.34. The first-order valence-electron chi connectivity index (χ1n) is 9.12. The summed E-state index contributed by atoms with van der Waals surface area (Å²) in [6, 6.07) is 19.3. The minimum atomic E-state index is -0.216. The Hall–Kier alpha value is -3.58. The highest BCUT2D eigenvalue weighted by molar-refractivity contribution is 7.13. The maximum Gasteiger partial charge on any atom is 0.259 e. The Morgan fingerprint density at radius 1 is 1.07 bits per heavy atom.